The predicted molar refractivity (Wildman–Crippen MR) is 101 cm³/mol. The maximum atomic E-state index is 12.6. The maximum absolute atomic E-state index is 12.6. The average molecular weight is 380 g/mol. The molecule has 2 amide bonds. The number of hydrogen-bond acceptors (Lipinski definition) is 4. The molecule has 3 rings (SSSR count). The van der Waals surface area contributed by atoms with E-state index in [2.05, 4.69) is 4.90 Å². The third-order valence-corrected chi connectivity index (χ3v) is 5.54. The van der Waals surface area contributed by atoms with Gasteiger partial charge in [-0.1, -0.05) is 23.7 Å². The first-order valence-electron chi connectivity index (χ1n) is 9.29. The number of hydrogen-bond donors (Lipinski definition) is 0. The van der Waals surface area contributed by atoms with Gasteiger partial charge in [-0.3, -0.25) is 9.69 Å². The minimum Gasteiger partial charge on any atom is -0.450 e. The molecule has 0 radical (unpaired) electrons. The van der Waals surface area contributed by atoms with Gasteiger partial charge in [0.2, 0.25) is 0 Å². The second-order valence-corrected chi connectivity index (χ2v) is 7.13. The van der Waals surface area contributed by atoms with Crippen molar-refractivity contribution in [2.45, 2.75) is 25.8 Å². The average Bonchev–Trinajstić information content (AvgIpc) is 2.68. The van der Waals surface area contributed by atoms with Crippen molar-refractivity contribution in [3.05, 3.63) is 34.9 Å². The molecular weight excluding hydrogens is 354 g/mol. The van der Waals surface area contributed by atoms with Crippen LogP contribution in [0.15, 0.2) is 24.3 Å². The number of likely N-dealkylation sites (tertiary alicyclic amines) is 1. The Labute approximate surface area is 159 Å². The van der Waals surface area contributed by atoms with Crippen LogP contribution < -0.4 is 0 Å². The Morgan fingerprint density at radius 2 is 1.69 bits per heavy atom. The fourth-order valence-corrected chi connectivity index (χ4v) is 3.94. The molecule has 0 aromatic heterocycles. The largest absolute Gasteiger partial charge is 0.450 e. The lowest BCUT2D eigenvalue weighted by Gasteiger charge is -2.42. The summed E-state index contributed by atoms with van der Waals surface area (Å²) in [5, 5.41) is 0.506. The van der Waals surface area contributed by atoms with Gasteiger partial charge < -0.3 is 14.5 Å². The van der Waals surface area contributed by atoms with E-state index in [-0.39, 0.29) is 12.0 Å². The van der Waals surface area contributed by atoms with E-state index in [0.717, 1.165) is 39.0 Å². The van der Waals surface area contributed by atoms with Crippen molar-refractivity contribution in [3.63, 3.8) is 0 Å². The van der Waals surface area contributed by atoms with Crippen molar-refractivity contribution in [2.24, 2.45) is 0 Å². The molecule has 0 spiro atoms. The van der Waals surface area contributed by atoms with E-state index in [4.69, 9.17) is 16.3 Å². The monoisotopic (exact) mass is 379 g/mol. The van der Waals surface area contributed by atoms with E-state index in [1.165, 1.54) is 0 Å². The first-order valence-corrected chi connectivity index (χ1v) is 9.67. The zero-order valence-electron chi connectivity index (χ0n) is 15.2. The van der Waals surface area contributed by atoms with E-state index in [1.807, 2.05) is 24.0 Å². The van der Waals surface area contributed by atoms with E-state index in [9.17, 15) is 9.59 Å². The van der Waals surface area contributed by atoms with Crippen molar-refractivity contribution >= 4 is 23.6 Å². The number of amides is 2. The molecule has 1 aromatic rings. The molecule has 26 heavy (non-hydrogen) atoms. The summed E-state index contributed by atoms with van der Waals surface area (Å²) in [6.45, 7) is 6.86. The van der Waals surface area contributed by atoms with Crippen LogP contribution in [0, 0.1) is 0 Å². The molecule has 7 heteroatoms. The SMILES string of the molecule is CCOC(=O)N1CCC(N2CCN(C(=O)c3ccccc3Cl)CC2)CC1. The van der Waals surface area contributed by atoms with Crippen LogP contribution in [0.25, 0.3) is 0 Å². The number of carbonyl (C=O) groups is 2. The fourth-order valence-electron chi connectivity index (χ4n) is 3.72. The number of halogens is 1. The van der Waals surface area contributed by atoms with Gasteiger partial charge in [0.1, 0.15) is 0 Å². The van der Waals surface area contributed by atoms with Crippen LogP contribution in [-0.4, -0.2) is 78.6 Å². The van der Waals surface area contributed by atoms with Crippen LogP contribution in [0.4, 0.5) is 4.79 Å². The molecule has 0 bridgehead atoms. The summed E-state index contributed by atoms with van der Waals surface area (Å²) in [7, 11) is 0. The zero-order valence-corrected chi connectivity index (χ0v) is 16.0. The Bertz CT molecular complexity index is 639. The first kappa shape index (κ1) is 19.0. The summed E-state index contributed by atoms with van der Waals surface area (Å²) in [6, 6.07) is 7.68. The van der Waals surface area contributed by atoms with E-state index >= 15 is 0 Å². The molecule has 2 aliphatic rings. The lowest BCUT2D eigenvalue weighted by atomic mass is 10.0. The number of nitrogens with zero attached hydrogens (tertiary/aromatic N) is 3. The molecule has 0 N–H and O–H groups in total. The summed E-state index contributed by atoms with van der Waals surface area (Å²) < 4.78 is 5.07. The normalized spacial score (nSPS) is 19.5. The molecule has 0 aliphatic carbocycles. The standard InChI is InChI=1S/C19H26ClN3O3/c1-2-26-19(25)23-9-7-15(8-10-23)21-11-13-22(14-12-21)18(24)16-5-3-4-6-17(16)20/h3-6,15H,2,7-14H2,1H3. The molecule has 1 aromatic carbocycles. The number of ether oxygens (including phenoxy) is 1. The highest BCUT2D eigenvalue weighted by Gasteiger charge is 2.31. The van der Waals surface area contributed by atoms with Gasteiger partial charge in [-0.05, 0) is 31.9 Å². The van der Waals surface area contributed by atoms with E-state index in [0.29, 0.717) is 36.3 Å². The molecule has 2 aliphatic heterocycles. The summed E-state index contributed by atoms with van der Waals surface area (Å²) in [5.41, 5.74) is 0.574. The third-order valence-electron chi connectivity index (χ3n) is 5.21. The molecule has 2 fully saturated rings. The summed E-state index contributed by atoms with van der Waals surface area (Å²) in [6.07, 6.45) is 1.70. The third kappa shape index (κ3) is 4.30. The fraction of sp³-hybridized carbons (Fsp3) is 0.579. The summed E-state index contributed by atoms with van der Waals surface area (Å²) >= 11 is 6.15. The van der Waals surface area contributed by atoms with Crippen LogP contribution in [0.1, 0.15) is 30.1 Å². The predicted octanol–water partition coefficient (Wildman–Crippen LogP) is 2.72. The molecular formula is C19H26ClN3O3. The highest BCUT2D eigenvalue weighted by atomic mass is 35.5. The van der Waals surface area contributed by atoms with Crippen molar-refractivity contribution in [3.8, 4) is 0 Å². The minimum atomic E-state index is -0.207. The van der Waals surface area contributed by atoms with Gasteiger partial charge in [-0.2, -0.15) is 0 Å². The van der Waals surface area contributed by atoms with Gasteiger partial charge >= 0.3 is 6.09 Å². The van der Waals surface area contributed by atoms with Gasteiger partial charge in [0.05, 0.1) is 17.2 Å². The highest BCUT2D eigenvalue weighted by molar-refractivity contribution is 6.33. The Morgan fingerprint density at radius 1 is 1.04 bits per heavy atom. The van der Waals surface area contributed by atoms with Crippen LogP contribution in [0.2, 0.25) is 5.02 Å². The molecule has 2 heterocycles. The second kappa shape index (κ2) is 8.73. The first-order chi connectivity index (χ1) is 12.6. The van der Waals surface area contributed by atoms with Crippen LogP contribution in [0.3, 0.4) is 0 Å². The van der Waals surface area contributed by atoms with Crippen molar-refractivity contribution in [1.82, 2.24) is 14.7 Å². The van der Waals surface area contributed by atoms with Gasteiger partial charge in [0, 0.05) is 45.3 Å². The van der Waals surface area contributed by atoms with E-state index < -0.39 is 0 Å². The van der Waals surface area contributed by atoms with Crippen LogP contribution in [-0.2, 0) is 4.74 Å². The van der Waals surface area contributed by atoms with Gasteiger partial charge in [0.15, 0.2) is 0 Å². The minimum absolute atomic E-state index is 0.00683. The van der Waals surface area contributed by atoms with Crippen LogP contribution >= 0.6 is 11.6 Å². The van der Waals surface area contributed by atoms with Gasteiger partial charge in [-0.15, -0.1) is 0 Å². The van der Waals surface area contributed by atoms with E-state index in [1.54, 1.807) is 17.0 Å². The molecule has 0 saturated carbocycles. The Hall–Kier alpha value is -1.79. The maximum Gasteiger partial charge on any atom is 0.409 e. The second-order valence-electron chi connectivity index (χ2n) is 6.73. The van der Waals surface area contributed by atoms with Gasteiger partial charge in [-0.25, -0.2) is 4.79 Å². The molecule has 6 nitrogen and oxygen atoms in total. The van der Waals surface area contributed by atoms with Crippen molar-refractivity contribution in [2.75, 3.05) is 45.9 Å². The smallest absolute Gasteiger partial charge is 0.409 e. The summed E-state index contributed by atoms with van der Waals surface area (Å²) in [5.74, 6) is 0.00683. The Kier molecular flexibility index (Phi) is 6.38. The van der Waals surface area contributed by atoms with Crippen molar-refractivity contribution in [1.29, 1.82) is 0 Å². The molecule has 142 valence electrons. The van der Waals surface area contributed by atoms with Crippen molar-refractivity contribution < 1.29 is 14.3 Å². The Morgan fingerprint density at radius 3 is 2.31 bits per heavy atom. The lowest BCUT2D eigenvalue weighted by Crippen LogP contribution is -2.54. The topological polar surface area (TPSA) is 53.1 Å². The number of benzene rings is 1. The molecule has 0 atom stereocenters. The zero-order chi connectivity index (χ0) is 18.5. The molecule has 2 saturated heterocycles. The summed E-state index contributed by atoms with van der Waals surface area (Å²) in [4.78, 5) is 30.6. The quantitative estimate of drug-likeness (QED) is 0.810. The van der Waals surface area contributed by atoms with Crippen LogP contribution in [0.5, 0.6) is 0 Å². The number of piperidine rings is 1. The van der Waals surface area contributed by atoms with Gasteiger partial charge in [0.25, 0.3) is 5.91 Å². The number of rotatable bonds is 3. The highest BCUT2D eigenvalue weighted by Crippen LogP contribution is 2.21. The number of piperazine rings is 1. The lowest BCUT2D eigenvalue weighted by molar-refractivity contribution is 0.0417. The molecule has 0 unspecified atom stereocenters. The number of carbonyl (C=O) groups excluding carboxylic acids is 2. The Balaban J connectivity index is 1.48.